The van der Waals surface area contributed by atoms with E-state index in [0.29, 0.717) is 0 Å². The quantitative estimate of drug-likeness (QED) is 0.324. The van der Waals surface area contributed by atoms with Gasteiger partial charge in [-0.2, -0.15) is 5.10 Å². The predicted octanol–water partition coefficient (Wildman–Crippen LogP) is -0.505. The second-order valence-corrected chi connectivity index (χ2v) is 2.40. The van der Waals surface area contributed by atoms with Crippen molar-refractivity contribution in [2.45, 2.75) is 13.0 Å². The molecule has 1 atom stereocenters. The van der Waals surface area contributed by atoms with Crippen LogP contribution in [0, 0.1) is 0 Å². The summed E-state index contributed by atoms with van der Waals surface area (Å²) >= 11 is 4.62. The summed E-state index contributed by atoms with van der Waals surface area (Å²) in [6.45, 7) is 1.82. The minimum absolute atomic E-state index is 0.0724. The van der Waals surface area contributed by atoms with Crippen LogP contribution in [0.15, 0.2) is 5.10 Å². The molecule has 0 aliphatic carbocycles. The maximum atomic E-state index is 5.38. The van der Waals surface area contributed by atoms with Gasteiger partial charge in [-0.15, -0.1) is 0 Å². The molecule has 58 valence electrons. The fourth-order valence-electron chi connectivity index (χ4n) is 0.262. The summed E-state index contributed by atoms with van der Waals surface area (Å²) in [7, 11) is 1.67. The van der Waals surface area contributed by atoms with E-state index < -0.39 is 0 Å². The van der Waals surface area contributed by atoms with Crippen molar-refractivity contribution in [3.8, 4) is 0 Å². The van der Waals surface area contributed by atoms with E-state index in [1.807, 2.05) is 6.92 Å². The van der Waals surface area contributed by atoms with Gasteiger partial charge in [-0.1, -0.05) is 0 Å². The normalized spacial score (nSPS) is 13.5. The Morgan fingerprint density at radius 3 is 2.60 bits per heavy atom. The van der Waals surface area contributed by atoms with Gasteiger partial charge in [0, 0.05) is 19.3 Å². The van der Waals surface area contributed by atoms with E-state index in [2.05, 4.69) is 17.3 Å². The molecule has 0 rings (SSSR count). The summed E-state index contributed by atoms with van der Waals surface area (Å²) in [5, 5.41) is 5.46. The first-order chi connectivity index (χ1) is 4.54. The highest BCUT2D eigenvalue weighted by Crippen LogP contribution is 1.81. The van der Waals surface area contributed by atoms with Gasteiger partial charge in [0.25, 0.3) is 0 Å². The van der Waals surface area contributed by atoms with Gasteiger partial charge < -0.3 is 11.5 Å². The Balaban J connectivity index is 3.77. The molecule has 0 aliphatic heterocycles. The van der Waals surface area contributed by atoms with Crippen molar-refractivity contribution in [2.75, 3.05) is 7.05 Å². The van der Waals surface area contributed by atoms with Crippen LogP contribution in [0.1, 0.15) is 6.92 Å². The van der Waals surface area contributed by atoms with Crippen LogP contribution in [0.25, 0.3) is 0 Å². The molecule has 4 N–H and O–H groups in total. The van der Waals surface area contributed by atoms with E-state index in [4.69, 9.17) is 11.5 Å². The van der Waals surface area contributed by atoms with E-state index in [1.165, 1.54) is 5.01 Å². The molecule has 0 aromatic heterocycles. The van der Waals surface area contributed by atoms with Gasteiger partial charge >= 0.3 is 0 Å². The minimum Gasteiger partial charge on any atom is -0.375 e. The molecule has 5 heteroatoms. The maximum absolute atomic E-state index is 5.38. The third-order valence-corrected chi connectivity index (χ3v) is 1.06. The van der Waals surface area contributed by atoms with Crippen molar-refractivity contribution in [3.63, 3.8) is 0 Å². The molecule has 0 saturated heterocycles. The van der Waals surface area contributed by atoms with Crippen molar-refractivity contribution in [1.82, 2.24) is 5.01 Å². The Morgan fingerprint density at radius 1 is 1.80 bits per heavy atom. The molecule has 0 aliphatic rings. The highest BCUT2D eigenvalue weighted by Gasteiger charge is 1.93. The Kier molecular flexibility index (Phi) is 3.90. The summed E-state index contributed by atoms with van der Waals surface area (Å²) in [6.07, 6.45) is 1.57. The monoisotopic (exact) mass is 160 g/mol. The first kappa shape index (κ1) is 9.32. The van der Waals surface area contributed by atoms with Crippen LogP contribution < -0.4 is 11.5 Å². The first-order valence-electron chi connectivity index (χ1n) is 2.87. The van der Waals surface area contributed by atoms with Gasteiger partial charge in [-0.05, 0) is 19.1 Å². The van der Waals surface area contributed by atoms with Crippen molar-refractivity contribution < 1.29 is 0 Å². The molecule has 1 unspecified atom stereocenters. The fourth-order valence-corrected chi connectivity index (χ4v) is 0.309. The van der Waals surface area contributed by atoms with Crippen molar-refractivity contribution in [1.29, 1.82) is 0 Å². The molecular weight excluding hydrogens is 148 g/mol. The third kappa shape index (κ3) is 4.22. The Bertz CT molecular complexity index is 143. The van der Waals surface area contributed by atoms with E-state index in [1.54, 1.807) is 13.3 Å². The van der Waals surface area contributed by atoms with Crippen molar-refractivity contribution in [2.24, 2.45) is 16.6 Å². The molecule has 0 saturated carbocycles. The topological polar surface area (TPSA) is 67.6 Å². The minimum atomic E-state index is -0.0724. The van der Waals surface area contributed by atoms with Gasteiger partial charge in [0.2, 0.25) is 0 Å². The average molecular weight is 160 g/mol. The molecule has 0 amide bonds. The van der Waals surface area contributed by atoms with Crippen molar-refractivity contribution in [3.05, 3.63) is 0 Å². The van der Waals surface area contributed by atoms with Gasteiger partial charge in [0.05, 0.1) is 0 Å². The maximum Gasteiger partial charge on any atom is 0.186 e. The lowest BCUT2D eigenvalue weighted by atomic mass is 10.4. The van der Waals surface area contributed by atoms with Crippen LogP contribution in [0.5, 0.6) is 0 Å². The number of rotatable bonds is 2. The molecule has 0 aromatic rings. The average Bonchev–Trinajstić information content (AvgIpc) is 1.82. The molecule has 4 nitrogen and oxygen atoms in total. The number of hydrogen-bond acceptors (Lipinski definition) is 3. The molecule has 0 aromatic carbocycles. The van der Waals surface area contributed by atoms with Gasteiger partial charge in [0.15, 0.2) is 5.11 Å². The van der Waals surface area contributed by atoms with Gasteiger partial charge in [0.1, 0.15) is 0 Å². The Hall–Kier alpha value is -0.680. The summed E-state index contributed by atoms with van der Waals surface area (Å²) in [6, 6.07) is -0.0724. The smallest absolute Gasteiger partial charge is 0.186 e. The lowest BCUT2D eigenvalue weighted by Crippen LogP contribution is -2.28. The van der Waals surface area contributed by atoms with E-state index >= 15 is 0 Å². The second kappa shape index (κ2) is 4.19. The van der Waals surface area contributed by atoms with Crippen LogP contribution in [0.2, 0.25) is 0 Å². The molecule has 10 heavy (non-hydrogen) atoms. The SMILES string of the molecule is CC(N)/C=N/N(C)C(N)=S. The summed E-state index contributed by atoms with van der Waals surface area (Å²) in [5.74, 6) is 0. The number of thiocarbonyl (C=S) groups is 1. The van der Waals surface area contributed by atoms with Crippen molar-refractivity contribution >= 4 is 23.5 Å². The number of hydrazone groups is 1. The number of hydrogen-bond donors (Lipinski definition) is 2. The summed E-state index contributed by atoms with van der Waals surface area (Å²) in [4.78, 5) is 0. The largest absolute Gasteiger partial charge is 0.375 e. The van der Waals surface area contributed by atoms with Crippen LogP contribution in [-0.4, -0.2) is 29.4 Å². The van der Waals surface area contributed by atoms with Crippen LogP contribution >= 0.6 is 12.2 Å². The van der Waals surface area contributed by atoms with Crippen LogP contribution in [0.3, 0.4) is 0 Å². The van der Waals surface area contributed by atoms with E-state index in [-0.39, 0.29) is 11.2 Å². The van der Waals surface area contributed by atoms with Gasteiger partial charge in [-0.3, -0.25) is 0 Å². The highest BCUT2D eigenvalue weighted by atomic mass is 32.1. The zero-order chi connectivity index (χ0) is 8.15. The molecule has 0 heterocycles. The Morgan fingerprint density at radius 2 is 2.30 bits per heavy atom. The molecule has 0 radical (unpaired) electrons. The number of nitrogens with two attached hydrogens (primary N) is 2. The molecule has 0 fully saturated rings. The molecule has 0 bridgehead atoms. The zero-order valence-corrected chi connectivity index (χ0v) is 6.93. The second-order valence-electron chi connectivity index (χ2n) is 1.99. The zero-order valence-electron chi connectivity index (χ0n) is 6.11. The molecular formula is C5H12N4S. The number of nitrogens with zero attached hydrogens (tertiary/aromatic N) is 2. The first-order valence-corrected chi connectivity index (χ1v) is 3.27. The summed E-state index contributed by atoms with van der Waals surface area (Å²) in [5.41, 5.74) is 10.6. The van der Waals surface area contributed by atoms with E-state index in [9.17, 15) is 0 Å². The van der Waals surface area contributed by atoms with Crippen LogP contribution in [0.4, 0.5) is 0 Å². The predicted molar refractivity (Wildman–Crippen MR) is 46.7 cm³/mol. The fraction of sp³-hybridized carbons (Fsp3) is 0.600. The molecule has 0 spiro atoms. The van der Waals surface area contributed by atoms with Gasteiger partial charge in [-0.25, -0.2) is 5.01 Å². The highest BCUT2D eigenvalue weighted by molar-refractivity contribution is 7.80. The van der Waals surface area contributed by atoms with Crippen LogP contribution in [-0.2, 0) is 0 Å². The standard InChI is InChI=1S/C5H12N4S/c1-4(6)3-8-9(2)5(7)10/h3-4H,6H2,1-2H3,(H2,7,10)/b8-3+. The lowest BCUT2D eigenvalue weighted by molar-refractivity contribution is 0.548. The Labute approximate surface area is 65.9 Å². The van der Waals surface area contributed by atoms with E-state index in [0.717, 1.165) is 0 Å². The lowest BCUT2D eigenvalue weighted by Gasteiger charge is -2.08. The summed E-state index contributed by atoms with van der Waals surface area (Å²) < 4.78 is 0. The third-order valence-electron chi connectivity index (χ3n) is 0.794.